The van der Waals surface area contributed by atoms with Crippen molar-refractivity contribution in [3.8, 4) is 45.7 Å². The molecule has 4 rings (SSSR count). The Morgan fingerprint density at radius 2 is 1.72 bits per heavy atom. The number of methoxy groups -OCH3 is 3. The van der Waals surface area contributed by atoms with Crippen molar-refractivity contribution in [1.29, 1.82) is 5.26 Å². The molecule has 0 saturated carbocycles. The van der Waals surface area contributed by atoms with Crippen molar-refractivity contribution in [2.24, 2.45) is 0 Å². The van der Waals surface area contributed by atoms with Crippen LogP contribution in [0.1, 0.15) is 5.56 Å². The van der Waals surface area contributed by atoms with Gasteiger partial charge in [-0.15, -0.1) is 0 Å². The van der Waals surface area contributed by atoms with E-state index in [4.69, 9.17) is 19.2 Å². The van der Waals surface area contributed by atoms with Gasteiger partial charge < -0.3 is 14.2 Å². The summed E-state index contributed by atoms with van der Waals surface area (Å²) < 4.78 is 16.6. The van der Waals surface area contributed by atoms with E-state index in [-0.39, 0.29) is 21.3 Å². The summed E-state index contributed by atoms with van der Waals surface area (Å²) in [5.41, 5.74) is 2.43. The molecule has 0 aliphatic carbocycles. The third kappa shape index (κ3) is 4.78. The molecule has 0 aliphatic rings. The number of nitro groups is 1. The van der Waals surface area contributed by atoms with E-state index in [0.29, 0.717) is 34.1 Å². The molecule has 36 heavy (non-hydrogen) atoms. The molecule has 0 radical (unpaired) electrons. The molecule has 180 valence electrons. The van der Waals surface area contributed by atoms with Gasteiger partial charge in [-0.3, -0.25) is 10.1 Å². The number of pyridine rings is 2. The number of hydrogen-bond acceptors (Lipinski definition) is 9. The lowest BCUT2D eigenvalue weighted by Crippen LogP contribution is -2.00. The highest BCUT2D eigenvalue weighted by molar-refractivity contribution is 7.99. The van der Waals surface area contributed by atoms with Crippen LogP contribution in [-0.4, -0.2) is 36.2 Å². The average Bonchev–Trinajstić information content (AvgIpc) is 2.92. The van der Waals surface area contributed by atoms with Crippen LogP contribution in [0.2, 0.25) is 0 Å². The lowest BCUT2D eigenvalue weighted by atomic mass is 9.97. The van der Waals surface area contributed by atoms with Gasteiger partial charge in [-0.05, 0) is 30.0 Å². The van der Waals surface area contributed by atoms with Crippen molar-refractivity contribution in [3.05, 3.63) is 82.5 Å². The van der Waals surface area contributed by atoms with Crippen molar-refractivity contribution < 1.29 is 19.1 Å². The topological polar surface area (TPSA) is 120 Å². The lowest BCUT2D eigenvalue weighted by Gasteiger charge is -2.17. The van der Waals surface area contributed by atoms with Gasteiger partial charge in [-0.1, -0.05) is 30.3 Å². The van der Waals surface area contributed by atoms with E-state index in [2.05, 4.69) is 11.1 Å². The molecule has 0 spiro atoms. The Labute approximate surface area is 211 Å². The number of rotatable bonds is 8. The fourth-order valence-corrected chi connectivity index (χ4v) is 4.57. The van der Waals surface area contributed by atoms with Gasteiger partial charge in [0.05, 0.1) is 37.5 Å². The van der Waals surface area contributed by atoms with Gasteiger partial charge in [0.25, 0.3) is 0 Å². The fraction of sp³-hybridized carbons (Fsp3) is 0.115. The third-order valence-electron chi connectivity index (χ3n) is 5.29. The Bertz CT molecular complexity index is 1470. The van der Waals surface area contributed by atoms with Gasteiger partial charge in [0, 0.05) is 35.0 Å². The van der Waals surface area contributed by atoms with Gasteiger partial charge in [-0.25, -0.2) is 9.97 Å². The van der Waals surface area contributed by atoms with E-state index in [1.54, 1.807) is 18.2 Å². The Morgan fingerprint density at radius 3 is 2.36 bits per heavy atom. The third-order valence-corrected chi connectivity index (χ3v) is 6.28. The highest BCUT2D eigenvalue weighted by Crippen LogP contribution is 2.46. The maximum atomic E-state index is 11.6. The van der Waals surface area contributed by atoms with E-state index < -0.39 is 4.92 Å². The molecular weight excluding hydrogens is 480 g/mol. The van der Waals surface area contributed by atoms with Crippen LogP contribution in [0.25, 0.3) is 22.4 Å². The molecule has 10 heteroatoms. The van der Waals surface area contributed by atoms with Crippen LogP contribution in [0.3, 0.4) is 0 Å². The standard InChI is InChI=1S/C26H20N4O5S/c1-33-17-12-19(24(35-3)23(13-17)34-2)18-14-21(16-8-5-4-6-9-16)29-25(20(18)15-27)36-26-22(30(31)32)10-7-11-28-26/h4-14H,1-3H3. The molecule has 0 amide bonds. The van der Waals surface area contributed by atoms with Crippen LogP contribution in [0, 0.1) is 21.4 Å². The number of nitrogens with zero attached hydrogens (tertiary/aromatic N) is 4. The average molecular weight is 501 g/mol. The van der Waals surface area contributed by atoms with Crippen molar-refractivity contribution in [1.82, 2.24) is 9.97 Å². The molecule has 0 unspecified atom stereocenters. The molecule has 0 atom stereocenters. The molecule has 0 aliphatic heterocycles. The Hall–Kier alpha value is -4.62. The fourth-order valence-electron chi connectivity index (χ4n) is 3.62. The number of hydrogen-bond donors (Lipinski definition) is 0. The molecule has 0 N–H and O–H groups in total. The highest BCUT2D eigenvalue weighted by Gasteiger charge is 2.24. The maximum Gasteiger partial charge on any atom is 0.301 e. The smallest absolute Gasteiger partial charge is 0.301 e. The zero-order valence-electron chi connectivity index (χ0n) is 19.6. The minimum atomic E-state index is -0.515. The Morgan fingerprint density at radius 1 is 0.944 bits per heavy atom. The maximum absolute atomic E-state index is 11.6. The summed E-state index contributed by atoms with van der Waals surface area (Å²) in [5.74, 6) is 1.32. The monoisotopic (exact) mass is 500 g/mol. The van der Waals surface area contributed by atoms with Crippen molar-refractivity contribution in [3.63, 3.8) is 0 Å². The van der Waals surface area contributed by atoms with Crippen molar-refractivity contribution in [2.75, 3.05) is 21.3 Å². The minimum Gasteiger partial charge on any atom is -0.497 e. The Kier molecular flexibility index (Phi) is 7.32. The van der Waals surface area contributed by atoms with E-state index in [1.165, 1.54) is 39.7 Å². The van der Waals surface area contributed by atoms with Crippen LogP contribution in [0.5, 0.6) is 17.2 Å². The molecule has 0 bridgehead atoms. The lowest BCUT2D eigenvalue weighted by molar-refractivity contribution is -0.388. The zero-order valence-corrected chi connectivity index (χ0v) is 20.4. The summed E-state index contributed by atoms with van der Waals surface area (Å²) in [6.07, 6.45) is 1.46. The first-order valence-electron chi connectivity index (χ1n) is 10.6. The Balaban J connectivity index is 2.04. The van der Waals surface area contributed by atoms with E-state index in [9.17, 15) is 15.4 Å². The van der Waals surface area contributed by atoms with Gasteiger partial charge >= 0.3 is 5.69 Å². The number of nitriles is 1. The van der Waals surface area contributed by atoms with Gasteiger partial charge in [-0.2, -0.15) is 5.26 Å². The van der Waals surface area contributed by atoms with E-state index >= 15 is 0 Å². The molecule has 2 aromatic heterocycles. The second-order valence-corrected chi connectivity index (χ2v) is 8.29. The molecule has 0 saturated heterocycles. The van der Waals surface area contributed by atoms with E-state index in [1.807, 2.05) is 30.3 Å². The predicted molar refractivity (Wildman–Crippen MR) is 134 cm³/mol. The highest BCUT2D eigenvalue weighted by atomic mass is 32.2. The van der Waals surface area contributed by atoms with Crippen molar-refractivity contribution >= 4 is 17.4 Å². The van der Waals surface area contributed by atoms with E-state index in [0.717, 1.165) is 17.3 Å². The van der Waals surface area contributed by atoms with Crippen LogP contribution in [0.15, 0.2) is 76.9 Å². The summed E-state index contributed by atoms with van der Waals surface area (Å²) in [5, 5.41) is 22.2. The van der Waals surface area contributed by atoms with Crippen LogP contribution in [0.4, 0.5) is 5.69 Å². The second-order valence-electron chi connectivity index (χ2n) is 7.31. The number of ether oxygens (including phenoxy) is 3. The predicted octanol–water partition coefficient (Wildman–Crippen LogP) is 5.77. The largest absolute Gasteiger partial charge is 0.497 e. The first-order chi connectivity index (χ1) is 17.5. The molecule has 2 aromatic carbocycles. The number of aromatic nitrogens is 2. The first-order valence-corrected chi connectivity index (χ1v) is 11.4. The quantitative estimate of drug-likeness (QED) is 0.219. The summed E-state index contributed by atoms with van der Waals surface area (Å²) >= 11 is 0.955. The summed E-state index contributed by atoms with van der Waals surface area (Å²) in [6, 6.07) is 19.7. The summed E-state index contributed by atoms with van der Waals surface area (Å²) in [4.78, 5) is 20.0. The zero-order chi connectivity index (χ0) is 25.7. The normalized spacial score (nSPS) is 10.4. The molecule has 2 heterocycles. The molecule has 0 fully saturated rings. The van der Waals surface area contributed by atoms with Gasteiger partial charge in [0.15, 0.2) is 16.5 Å². The summed E-state index contributed by atoms with van der Waals surface area (Å²) in [6.45, 7) is 0. The molecular formula is C26H20N4O5S. The van der Waals surface area contributed by atoms with Gasteiger partial charge in [0.1, 0.15) is 16.8 Å². The van der Waals surface area contributed by atoms with Gasteiger partial charge in [0.2, 0.25) is 0 Å². The SMILES string of the molecule is COc1cc(OC)c(OC)c(-c2cc(-c3ccccc3)nc(Sc3ncccc3[N+](=O)[O-])c2C#N)c1. The molecule has 4 aromatic rings. The first kappa shape index (κ1) is 24.5. The van der Waals surface area contributed by atoms with Crippen molar-refractivity contribution in [2.45, 2.75) is 10.1 Å². The van der Waals surface area contributed by atoms with Crippen LogP contribution in [-0.2, 0) is 0 Å². The molecule has 9 nitrogen and oxygen atoms in total. The van der Waals surface area contributed by atoms with Crippen LogP contribution < -0.4 is 14.2 Å². The number of benzene rings is 2. The minimum absolute atomic E-state index is 0.123. The summed E-state index contributed by atoms with van der Waals surface area (Å²) in [7, 11) is 4.54. The second kappa shape index (κ2) is 10.8. The van der Waals surface area contributed by atoms with Crippen LogP contribution >= 0.6 is 11.8 Å².